The lowest BCUT2D eigenvalue weighted by molar-refractivity contribution is 0.469. The molecule has 0 aliphatic carbocycles. The first-order valence-electron chi connectivity index (χ1n) is 18.4. The molecule has 5 heterocycles. The second-order valence-corrected chi connectivity index (χ2v) is 15.2. The van der Waals surface area contributed by atoms with Crippen molar-refractivity contribution in [2.75, 3.05) is 0 Å². The van der Waals surface area contributed by atoms with Crippen molar-refractivity contribution in [3.63, 3.8) is 0 Å². The topological polar surface area (TPSA) is 36.3 Å². The van der Waals surface area contributed by atoms with Gasteiger partial charge in [-0.05, 0) is 58.9 Å². The van der Waals surface area contributed by atoms with Crippen LogP contribution >= 0.6 is 11.3 Å². The van der Waals surface area contributed by atoms with Crippen LogP contribution in [0.3, 0.4) is 0 Å². The van der Waals surface area contributed by atoms with Crippen LogP contribution in [0.4, 0.5) is 0 Å². The van der Waals surface area contributed by atoms with E-state index >= 15 is 0 Å². The van der Waals surface area contributed by atoms with Crippen molar-refractivity contribution in [2.24, 2.45) is 0 Å². The summed E-state index contributed by atoms with van der Waals surface area (Å²) in [7, 11) is 0. The second-order valence-electron chi connectivity index (χ2n) is 14.2. The first kappa shape index (κ1) is 30.0. The van der Waals surface area contributed by atoms with Gasteiger partial charge in [0.15, 0.2) is 5.82 Å². The Labute approximate surface area is 316 Å². The third-order valence-electron chi connectivity index (χ3n) is 11.3. The van der Waals surface area contributed by atoms with Gasteiger partial charge in [0.1, 0.15) is 23.0 Å². The molecule has 4 nitrogen and oxygen atoms in total. The third-order valence-corrected chi connectivity index (χ3v) is 12.5. The molecular formula is C47H28B2N2O2S. The average Bonchev–Trinajstić information content (AvgIpc) is 3.78. The smallest absolute Gasteiger partial charge is 0.255 e. The zero-order valence-corrected chi connectivity index (χ0v) is 29.8. The molecule has 2 aliphatic heterocycles. The molecule has 0 saturated carbocycles. The summed E-state index contributed by atoms with van der Waals surface area (Å²) >= 11 is 1.81. The Morgan fingerprint density at radius 3 is 2.06 bits per heavy atom. The van der Waals surface area contributed by atoms with Crippen molar-refractivity contribution < 1.29 is 9.47 Å². The number of pyridine rings is 1. The molecule has 2 aliphatic rings. The lowest BCUT2D eigenvalue weighted by Crippen LogP contribution is -2.60. The van der Waals surface area contributed by atoms with Crippen LogP contribution in [-0.2, 0) is 0 Å². The van der Waals surface area contributed by atoms with Crippen molar-refractivity contribution in [1.82, 2.24) is 9.55 Å². The zero-order chi connectivity index (χ0) is 35.3. The average molecular weight is 706 g/mol. The summed E-state index contributed by atoms with van der Waals surface area (Å²) in [5.41, 5.74) is 9.19. The summed E-state index contributed by atoms with van der Waals surface area (Å²) in [5.74, 6) is 4.43. The molecule has 0 saturated heterocycles. The number of nitrogens with zero attached hydrogens (tertiary/aromatic N) is 2. The van der Waals surface area contributed by atoms with Crippen LogP contribution in [0.2, 0.25) is 0 Å². The van der Waals surface area contributed by atoms with Crippen LogP contribution in [0.25, 0.3) is 47.8 Å². The van der Waals surface area contributed by atoms with Crippen molar-refractivity contribution in [1.29, 1.82) is 0 Å². The molecule has 12 rings (SSSR count). The Hall–Kier alpha value is -6.56. The first-order valence-corrected chi connectivity index (χ1v) is 19.2. The summed E-state index contributed by atoms with van der Waals surface area (Å²) in [6.45, 7) is -0.101. The third kappa shape index (κ3) is 4.24. The largest absolute Gasteiger partial charge is 0.459 e. The summed E-state index contributed by atoms with van der Waals surface area (Å²) in [5, 5.41) is 4.91. The number of aromatic nitrogens is 2. The Morgan fingerprint density at radius 1 is 0.481 bits per heavy atom. The van der Waals surface area contributed by atoms with Gasteiger partial charge in [-0.15, -0.1) is 11.3 Å². The fourth-order valence-corrected chi connectivity index (χ4v) is 10.2. The van der Waals surface area contributed by atoms with Crippen molar-refractivity contribution >= 4 is 99.5 Å². The Bertz CT molecular complexity index is 3150. The molecule has 0 amide bonds. The van der Waals surface area contributed by atoms with Crippen LogP contribution < -0.4 is 42.3 Å². The van der Waals surface area contributed by atoms with Crippen LogP contribution in [0.1, 0.15) is 0 Å². The van der Waals surface area contributed by atoms with E-state index < -0.39 is 0 Å². The molecule has 7 heteroatoms. The molecule has 10 aromatic rings. The van der Waals surface area contributed by atoms with E-state index in [2.05, 4.69) is 162 Å². The minimum atomic E-state index is -0.0560. The molecule has 0 radical (unpaired) electrons. The highest BCUT2D eigenvalue weighted by Crippen LogP contribution is 2.40. The maximum Gasteiger partial charge on any atom is 0.255 e. The van der Waals surface area contributed by atoms with E-state index in [9.17, 15) is 0 Å². The van der Waals surface area contributed by atoms with E-state index in [-0.39, 0.29) is 13.4 Å². The van der Waals surface area contributed by atoms with Crippen LogP contribution in [0, 0.1) is 0 Å². The molecule has 0 spiro atoms. The van der Waals surface area contributed by atoms with Crippen molar-refractivity contribution in [2.45, 2.75) is 0 Å². The highest BCUT2D eigenvalue weighted by Gasteiger charge is 2.41. The standard InChI is InChI=1S/C47H28B2N2O2S/c1-2-12-29(13-3-1)49-36-17-7-9-19-40(36)52-42-25-23-37-45(44(42)49)53-41-20-10-6-16-35(41)48(37)30-22-24-39-34(28-30)31-14-4-8-18-38(31)51(39)47-46-33(26-27-50-47)32-15-5-11-21-43(32)54-46/h1-28H. The molecule has 0 atom stereocenters. The highest BCUT2D eigenvalue weighted by atomic mass is 32.1. The predicted molar refractivity (Wildman–Crippen MR) is 227 cm³/mol. The molecule has 3 aromatic heterocycles. The maximum absolute atomic E-state index is 6.99. The minimum absolute atomic E-state index is 0.0448. The zero-order valence-electron chi connectivity index (χ0n) is 28.9. The SMILES string of the molecule is c1ccc(B2c3ccccc3Oc3ccc4c(c32)Oc2ccccc2B4c2ccc3c(c2)c2ccccc2n3-c2nccc3c2sc2ccccc23)cc1. The Balaban J connectivity index is 1.09. The van der Waals surface area contributed by atoms with Crippen molar-refractivity contribution in [3.8, 4) is 28.8 Å². The molecule has 7 aromatic carbocycles. The summed E-state index contributed by atoms with van der Waals surface area (Å²) in [6, 6.07) is 58.5. The number of fused-ring (bicyclic) bond motifs is 11. The number of para-hydroxylation sites is 3. The fourth-order valence-electron chi connectivity index (χ4n) is 9.02. The summed E-state index contributed by atoms with van der Waals surface area (Å²) in [6.07, 6.45) is 1.95. The number of benzene rings is 7. The van der Waals surface area contributed by atoms with E-state index in [0.717, 1.165) is 61.7 Å². The van der Waals surface area contributed by atoms with Gasteiger partial charge in [0, 0.05) is 37.9 Å². The molecule has 0 N–H and O–H groups in total. The van der Waals surface area contributed by atoms with Gasteiger partial charge in [-0.1, -0.05) is 132 Å². The van der Waals surface area contributed by atoms with Crippen molar-refractivity contribution in [3.05, 3.63) is 170 Å². The quantitative estimate of drug-likeness (QED) is 0.176. The highest BCUT2D eigenvalue weighted by molar-refractivity contribution is 7.26. The molecule has 0 bridgehead atoms. The molecule has 250 valence electrons. The predicted octanol–water partition coefficient (Wildman–Crippen LogP) is 7.79. The van der Waals surface area contributed by atoms with Gasteiger partial charge < -0.3 is 9.47 Å². The number of rotatable bonds is 3. The Kier molecular flexibility index (Phi) is 6.36. The first-order chi connectivity index (χ1) is 26.8. The van der Waals surface area contributed by atoms with Gasteiger partial charge in [0.2, 0.25) is 0 Å². The monoisotopic (exact) mass is 706 g/mol. The number of ether oxygens (including phenoxy) is 2. The molecule has 54 heavy (non-hydrogen) atoms. The van der Waals surface area contributed by atoms with Gasteiger partial charge in [-0.3, -0.25) is 4.57 Å². The summed E-state index contributed by atoms with van der Waals surface area (Å²) < 4.78 is 18.4. The summed E-state index contributed by atoms with van der Waals surface area (Å²) in [4.78, 5) is 5.05. The van der Waals surface area contributed by atoms with Gasteiger partial charge in [-0.2, -0.15) is 0 Å². The van der Waals surface area contributed by atoms with E-state index in [1.54, 1.807) is 0 Å². The molecule has 0 unspecified atom stereocenters. The Morgan fingerprint density at radius 2 is 1.19 bits per heavy atom. The normalized spacial score (nSPS) is 13.0. The van der Waals surface area contributed by atoms with Gasteiger partial charge in [-0.25, -0.2) is 4.98 Å². The minimum Gasteiger partial charge on any atom is -0.459 e. The lowest BCUT2D eigenvalue weighted by atomic mass is 9.32. The van der Waals surface area contributed by atoms with Gasteiger partial charge >= 0.3 is 0 Å². The van der Waals surface area contributed by atoms with E-state index in [1.165, 1.54) is 41.9 Å². The van der Waals surface area contributed by atoms with Gasteiger partial charge in [0.25, 0.3) is 13.4 Å². The van der Waals surface area contributed by atoms with E-state index in [0.29, 0.717) is 0 Å². The maximum atomic E-state index is 6.99. The number of hydrogen-bond acceptors (Lipinski definition) is 4. The van der Waals surface area contributed by atoms with Crippen LogP contribution in [0.15, 0.2) is 170 Å². The van der Waals surface area contributed by atoms with Crippen LogP contribution in [0.5, 0.6) is 23.0 Å². The van der Waals surface area contributed by atoms with E-state index in [4.69, 9.17) is 14.5 Å². The number of hydrogen-bond donors (Lipinski definition) is 0. The fraction of sp³-hybridized carbons (Fsp3) is 0. The van der Waals surface area contributed by atoms with Crippen LogP contribution in [-0.4, -0.2) is 23.0 Å². The lowest BCUT2D eigenvalue weighted by Gasteiger charge is -2.33. The number of thiophene rings is 1. The van der Waals surface area contributed by atoms with E-state index in [1.807, 2.05) is 23.6 Å². The molecular weight excluding hydrogens is 678 g/mol. The van der Waals surface area contributed by atoms with Gasteiger partial charge in [0.05, 0.1) is 15.7 Å². The second kappa shape index (κ2) is 11.5. The molecule has 0 fully saturated rings.